The number of thiazole rings is 1. The predicted molar refractivity (Wildman–Crippen MR) is 123 cm³/mol. The van der Waals surface area contributed by atoms with Gasteiger partial charge in [0.15, 0.2) is 16.1 Å². The lowest BCUT2D eigenvalue weighted by molar-refractivity contribution is -0.113. The number of hydrogen-bond donors (Lipinski definition) is 1. The highest BCUT2D eigenvalue weighted by Gasteiger charge is 2.14. The average Bonchev–Trinajstić information content (AvgIpc) is 3.34. The molecule has 0 aliphatic carbocycles. The minimum Gasteiger partial charge on any atom is -0.305 e. The molecule has 0 saturated heterocycles. The molecule has 30 heavy (non-hydrogen) atoms. The Balaban J connectivity index is 1.37. The van der Waals surface area contributed by atoms with Gasteiger partial charge in [-0.2, -0.15) is 0 Å². The van der Waals surface area contributed by atoms with Gasteiger partial charge in [-0.25, -0.2) is 4.98 Å². The van der Waals surface area contributed by atoms with E-state index in [1.54, 1.807) is 0 Å². The number of aromatic nitrogens is 4. The maximum absolute atomic E-state index is 12.4. The van der Waals surface area contributed by atoms with Crippen LogP contribution in [0.4, 0.5) is 5.13 Å². The molecule has 0 bridgehead atoms. The highest BCUT2D eigenvalue weighted by Crippen LogP contribution is 2.27. The molecule has 1 amide bonds. The van der Waals surface area contributed by atoms with E-state index in [1.165, 1.54) is 28.7 Å². The second kappa shape index (κ2) is 8.99. The molecular weight excluding hydrogens is 438 g/mol. The van der Waals surface area contributed by atoms with Crippen molar-refractivity contribution in [1.29, 1.82) is 0 Å². The monoisotopic (exact) mass is 455 g/mol. The highest BCUT2D eigenvalue weighted by molar-refractivity contribution is 7.99. The molecule has 2 aromatic carbocycles. The Morgan fingerprint density at radius 2 is 1.97 bits per heavy atom. The Labute approximate surface area is 187 Å². The van der Waals surface area contributed by atoms with Gasteiger partial charge in [-0.1, -0.05) is 65.3 Å². The van der Waals surface area contributed by atoms with Crippen LogP contribution in [0.1, 0.15) is 5.56 Å². The van der Waals surface area contributed by atoms with Crippen molar-refractivity contribution in [2.24, 2.45) is 7.05 Å². The van der Waals surface area contributed by atoms with E-state index in [-0.39, 0.29) is 11.7 Å². The van der Waals surface area contributed by atoms with E-state index in [0.717, 1.165) is 16.8 Å². The molecule has 9 heteroatoms. The van der Waals surface area contributed by atoms with Crippen LogP contribution in [-0.4, -0.2) is 31.4 Å². The summed E-state index contributed by atoms with van der Waals surface area (Å²) in [4.78, 5) is 16.9. The summed E-state index contributed by atoms with van der Waals surface area (Å²) in [5, 5.41) is 15.1. The molecular formula is C21H18ClN5OS2. The molecule has 6 nitrogen and oxygen atoms in total. The van der Waals surface area contributed by atoms with E-state index < -0.39 is 0 Å². The lowest BCUT2D eigenvalue weighted by Crippen LogP contribution is -2.14. The Kier molecular flexibility index (Phi) is 6.17. The van der Waals surface area contributed by atoms with Crippen LogP contribution in [0.2, 0.25) is 5.02 Å². The number of aryl methyl sites for hydroxylation is 1. The van der Waals surface area contributed by atoms with Gasteiger partial charge < -0.3 is 9.88 Å². The van der Waals surface area contributed by atoms with Gasteiger partial charge in [0.25, 0.3) is 0 Å². The third-order valence-electron chi connectivity index (χ3n) is 4.35. The number of carbonyl (C=O) groups excluding carboxylic acids is 1. The van der Waals surface area contributed by atoms with E-state index in [0.29, 0.717) is 21.1 Å². The molecule has 0 aliphatic heterocycles. The fourth-order valence-electron chi connectivity index (χ4n) is 2.79. The van der Waals surface area contributed by atoms with Gasteiger partial charge in [0, 0.05) is 28.6 Å². The second-order valence-electron chi connectivity index (χ2n) is 6.62. The number of benzene rings is 2. The van der Waals surface area contributed by atoms with Crippen molar-refractivity contribution in [1.82, 2.24) is 19.7 Å². The number of amides is 1. The lowest BCUT2D eigenvalue weighted by atomic mass is 10.1. The van der Waals surface area contributed by atoms with Crippen LogP contribution in [0.5, 0.6) is 0 Å². The zero-order chi connectivity index (χ0) is 21.1. The van der Waals surface area contributed by atoms with Crippen LogP contribution in [0, 0.1) is 6.92 Å². The summed E-state index contributed by atoms with van der Waals surface area (Å²) < 4.78 is 1.85. The first-order valence-corrected chi connectivity index (χ1v) is 11.3. The van der Waals surface area contributed by atoms with Crippen molar-refractivity contribution in [3.05, 3.63) is 64.5 Å². The van der Waals surface area contributed by atoms with Crippen LogP contribution in [0.25, 0.3) is 22.6 Å². The number of carbonyl (C=O) groups is 1. The summed E-state index contributed by atoms with van der Waals surface area (Å²) in [6.07, 6.45) is 0. The van der Waals surface area contributed by atoms with E-state index >= 15 is 0 Å². The molecule has 4 rings (SSSR count). The SMILES string of the molecule is Cc1ccc(-c2csc(NC(=O)CSc3nnc(-c4cccc(Cl)c4)n3C)n2)cc1. The molecule has 2 heterocycles. The summed E-state index contributed by atoms with van der Waals surface area (Å²) in [6.45, 7) is 2.04. The topological polar surface area (TPSA) is 72.7 Å². The summed E-state index contributed by atoms with van der Waals surface area (Å²) in [7, 11) is 1.87. The normalized spacial score (nSPS) is 10.9. The van der Waals surface area contributed by atoms with Gasteiger partial charge in [-0.05, 0) is 19.1 Å². The van der Waals surface area contributed by atoms with Gasteiger partial charge >= 0.3 is 0 Å². The first-order valence-electron chi connectivity index (χ1n) is 9.10. The van der Waals surface area contributed by atoms with Crippen molar-refractivity contribution in [2.45, 2.75) is 12.1 Å². The van der Waals surface area contributed by atoms with Crippen LogP contribution in [-0.2, 0) is 11.8 Å². The highest BCUT2D eigenvalue weighted by atomic mass is 35.5. The summed E-state index contributed by atoms with van der Waals surface area (Å²) >= 11 is 8.79. The smallest absolute Gasteiger partial charge is 0.236 e. The quantitative estimate of drug-likeness (QED) is 0.399. The fraction of sp³-hybridized carbons (Fsp3) is 0.143. The van der Waals surface area contributed by atoms with Crippen LogP contribution < -0.4 is 5.32 Å². The van der Waals surface area contributed by atoms with Gasteiger partial charge in [-0.3, -0.25) is 4.79 Å². The van der Waals surface area contributed by atoms with E-state index in [4.69, 9.17) is 11.6 Å². The predicted octanol–water partition coefficient (Wildman–Crippen LogP) is 5.30. The fourth-order valence-corrected chi connectivity index (χ4v) is 4.43. The number of nitrogens with zero attached hydrogens (tertiary/aromatic N) is 4. The van der Waals surface area contributed by atoms with Crippen molar-refractivity contribution in [3.8, 4) is 22.6 Å². The molecule has 0 atom stereocenters. The number of anilines is 1. The average molecular weight is 456 g/mol. The first kappa shape index (κ1) is 20.6. The number of thioether (sulfide) groups is 1. The number of hydrogen-bond acceptors (Lipinski definition) is 6. The standard InChI is InChI=1S/C21H18ClN5OS2/c1-13-6-8-14(9-7-13)17-11-29-20(23-17)24-18(28)12-30-21-26-25-19(27(21)2)15-4-3-5-16(22)10-15/h3-11H,12H2,1-2H3,(H,23,24,28). The molecule has 0 saturated carbocycles. The molecule has 0 aliphatic rings. The third-order valence-corrected chi connectivity index (χ3v) is 6.36. The molecule has 0 unspecified atom stereocenters. The maximum atomic E-state index is 12.4. The van der Waals surface area contributed by atoms with Gasteiger partial charge in [0.1, 0.15) is 0 Å². The van der Waals surface area contributed by atoms with Gasteiger partial charge in [0.2, 0.25) is 5.91 Å². The summed E-state index contributed by atoms with van der Waals surface area (Å²) in [5.74, 6) is 0.765. The van der Waals surface area contributed by atoms with Gasteiger partial charge in [-0.15, -0.1) is 21.5 Å². The van der Waals surface area contributed by atoms with E-state index in [9.17, 15) is 4.79 Å². The number of rotatable bonds is 6. The van der Waals surface area contributed by atoms with Crippen LogP contribution >= 0.6 is 34.7 Å². The van der Waals surface area contributed by atoms with Crippen molar-refractivity contribution in [3.63, 3.8) is 0 Å². The largest absolute Gasteiger partial charge is 0.305 e. The maximum Gasteiger partial charge on any atom is 0.236 e. The summed E-state index contributed by atoms with van der Waals surface area (Å²) in [5.41, 5.74) is 3.95. The molecule has 0 radical (unpaired) electrons. The Hall–Kier alpha value is -2.68. The zero-order valence-corrected chi connectivity index (χ0v) is 18.7. The number of nitrogens with one attached hydrogen (secondary N) is 1. The lowest BCUT2D eigenvalue weighted by Gasteiger charge is -2.04. The number of halogens is 1. The minimum absolute atomic E-state index is 0.142. The van der Waals surface area contributed by atoms with Gasteiger partial charge in [0.05, 0.1) is 11.4 Å². The zero-order valence-electron chi connectivity index (χ0n) is 16.3. The second-order valence-corrected chi connectivity index (χ2v) is 8.85. The third kappa shape index (κ3) is 4.72. The minimum atomic E-state index is -0.142. The Bertz CT molecular complexity index is 1190. The van der Waals surface area contributed by atoms with Crippen molar-refractivity contribution >= 4 is 45.7 Å². The molecule has 0 spiro atoms. The van der Waals surface area contributed by atoms with Crippen molar-refractivity contribution < 1.29 is 4.79 Å². The first-order chi connectivity index (χ1) is 14.5. The molecule has 1 N–H and O–H groups in total. The molecule has 4 aromatic rings. The molecule has 0 fully saturated rings. The van der Waals surface area contributed by atoms with Crippen LogP contribution in [0.3, 0.4) is 0 Å². The summed E-state index contributed by atoms with van der Waals surface area (Å²) in [6, 6.07) is 15.6. The van der Waals surface area contributed by atoms with E-state index in [1.807, 2.05) is 72.4 Å². The Morgan fingerprint density at radius 3 is 2.73 bits per heavy atom. The molecule has 152 valence electrons. The Morgan fingerprint density at radius 1 is 1.17 bits per heavy atom. The van der Waals surface area contributed by atoms with Crippen molar-refractivity contribution in [2.75, 3.05) is 11.1 Å². The van der Waals surface area contributed by atoms with E-state index in [2.05, 4.69) is 20.5 Å². The van der Waals surface area contributed by atoms with Crippen LogP contribution in [0.15, 0.2) is 59.1 Å². The molecule has 2 aromatic heterocycles.